The Kier molecular flexibility index (Phi) is 5.35. The third kappa shape index (κ3) is 4.55. The van der Waals surface area contributed by atoms with Crippen molar-refractivity contribution < 1.29 is 9.59 Å². The Labute approximate surface area is 121 Å². The smallest absolute Gasteiger partial charge is 0.256 e. The SMILES string of the molecule is CC(C)NC(=O)CN(C)C(=O)c1cc(Br)ccc1N. The van der Waals surface area contributed by atoms with Crippen LogP contribution in [0.2, 0.25) is 0 Å². The summed E-state index contributed by atoms with van der Waals surface area (Å²) in [6.07, 6.45) is 0. The molecule has 1 aromatic carbocycles. The van der Waals surface area contributed by atoms with Crippen LogP contribution < -0.4 is 11.1 Å². The van der Waals surface area contributed by atoms with E-state index in [0.29, 0.717) is 11.3 Å². The number of carbonyl (C=O) groups is 2. The Hall–Kier alpha value is -1.56. The minimum atomic E-state index is -0.280. The number of hydrogen-bond donors (Lipinski definition) is 2. The Morgan fingerprint density at radius 3 is 2.63 bits per heavy atom. The molecule has 5 nitrogen and oxygen atoms in total. The summed E-state index contributed by atoms with van der Waals surface area (Å²) < 4.78 is 0.769. The van der Waals surface area contributed by atoms with E-state index in [1.54, 1.807) is 25.2 Å². The van der Waals surface area contributed by atoms with E-state index in [0.717, 1.165) is 4.47 Å². The number of nitrogens with zero attached hydrogens (tertiary/aromatic N) is 1. The van der Waals surface area contributed by atoms with Crippen LogP contribution in [0.5, 0.6) is 0 Å². The molecule has 19 heavy (non-hydrogen) atoms. The van der Waals surface area contributed by atoms with Gasteiger partial charge in [-0.3, -0.25) is 9.59 Å². The summed E-state index contributed by atoms with van der Waals surface area (Å²) in [4.78, 5) is 25.1. The van der Waals surface area contributed by atoms with Gasteiger partial charge in [0.15, 0.2) is 0 Å². The van der Waals surface area contributed by atoms with Crippen LogP contribution in [-0.2, 0) is 4.79 Å². The quantitative estimate of drug-likeness (QED) is 0.825. The van der Waals surface area contributed by atoms with Gasteiger partial charge >= 0.3 is 0 Å². The topological polar surface area (TPSA) is 75.4 Å². The minimum absolute atomic E-state index is 0.00294. The Bertz CT molecular complexity index is 489. The van der Waals surface area contributed by atoms with E-state index in [1.807, 2.05) is 13.8 Å². The van der Waals surface area contributed by atoms with Crippen molar-refractivity contribution in [3.63, 3.8) is 0 Å². The second kappa shape index (κ2) is 6.56. The highest BCUT2D eigenvalue weighted by atomic mass is 79.9. The van der Waals surface area contributed by atoms with Crippen LogP contribution in [0.15, 0.2) is 22.7 Å². The molecule has 0 aliphatic heterocycles. The number of nitrogens with one attached hydrogen (secondary N) is 1. The number of halogens is 1. The number of likely N-dealkylation sites (N-methyl/N-ethyl adjacent to an activating group) is 1. The van der Waals surface area contributed by atoms with Crippen molar-refractivity contribution in [3.8, 4) is 0 Å². The second-order valence-electron chi connectivity index (χ2n) is 4.62. The van der Waals surface area contributed by atoms with Gasteiger partial charge in [-0.05, 0) is 32.0 Å². The summed E-state index contributed by atoms with van der Waals surface area (Å²) in [7, 11) is 1.57. The standard InChI is InChI=1S/C13H18BrN3O2/c1-8(2)16-12(18)7-17(3)13(19)10-6-9(14)4-5-11(10)15/h4-6,8H,7,15H2,1-3H3,(H,16,18). The summed E-state index contributed by atoms with van der Waals surface area (Å²) in [5, 5.41) is 2.73. The Morgan fingerprint density at radius 2 is 2.05 bits per heavy atom. The van der Waals surface area contributed by atoms with E-state index in [2.05, 4.69) is 21.2 Å². The molecular formula is C13H18BrN3O2. The first-order valence-electron chi connectivity index (χ1n) is 5.91. The predicted octanol–water partition coefficient (Wildman–Crippen LogP) is 1.63. The summed E-state index contributed by atoms with van der Waals surface area (Å²) in [6, 6.07) is 5.11. The average Bonchev–Trinajstić information content (AvgIpc) is 2.30. The maximum absolute atomic E-state index is 12.2. The van der Waals surface area contributed by atoms with Crippen LogP contribution in [0.3, 0.4) is 0 Å². The fourth-order valence-corrected chi connectivity index (χ4v) is 1.94. The maximum Gasteiger partial charge on any atom is 0.256 e. The molecule has 0 saturated carbocycles. The van der Waals surface area contributed by atoms with E-state index in [1.165, 1.54) is 4.90 Å². The predicted molar refractivity (Wildman–Crippen MR) is 78.8 cm³/mol. The highest BCUT2D eigenvalue weighted by Gasteiger charge is 2.17. The first-order valence-corrected chi connectivity index (χ1v) is 6.70. The van der Waals surface area contributed by atoms with E-state index in [-0.39, 0.29) is 24.4 Å². The lowest BCUT2D eigenvalue weighted by atomic mass is 10.1. The Morgan fingerprint density at radius 1 is 1.42 bits per heavy atom. The summed E-state index contributed by atoms with van der Waals surface area (Å²) in [6.45, 7) is 3.74. The van der Waals surface area contributed by atoms with Crippen LogP contribution in [0.1, 0.15) is 24.2 Å². The number of anilines is 1. The lowest BCUT2D eigenvalue weighted by molar-refractivity contribution is -0.122. The second-order valence-corrected chi connectivity index (χ2v) is 5.53. The van der Waals surface area contributed by atoms with Gasteiger partial charge in [0.1, 0.15) is 0 Å². The van der Waals surface area contributed by atoms with Gasteiger partial charge in [0.25, 0.3) is 5.91 Å². The van der Waals surface area contributed by atoms with Gasteiger partial charge in [-0.2, -0.15) is 0 Å². The van der Waals surface area contributed by atoms with Gasteiger partial charge in [-0.25, -0.2) is 0 Å². The third-order valence-electron chi connectivity index (χ3n) is 2.42. The molecule has 0 unspecified atom stereocenters. The van der Waals surface area contributed by atoms with Gasteiger partial charge in [0.05, 0.1) is 12.1 Å². The molecule has 0 bridgehead atoms. The van der Waals surface area contributed by atoms with Gasteiger partial charge in [0, 0.05) is 23.2 Å². The molecule has 3 N–H and O–H groups in total. The van der Waals surface area contributed by atoms with E-state index < -0.39 is 0 Å². The molecular weight excluding hydrogens is 310 g/mol. The van der Waals surface area contributed by atoms with E-state index >= 15 is 0 Å². The monoisotopic (exact) mass is 327 g/mol. The molecule has 0 aromatic heterocycles. The third-order valence-corrected chi connectivity index (χ3v) is 2.92. The normalized spacial score (nSPS) is 10.4. The fourth-order valence-electron chi connectivity index (χ4n) is 1.57. The van der Waals surface area contributed by atoms with Gasteiger partial charge in [0.2, 0.25) is 5.91 Å². The van der Waals surface area contributed by atoms with Gasteiger partial charge in [-0.15, -0.1) is 0 Å². The zero-order valence-electron chi connectivity index (χ0n) is 11.2. The van der Waals surface area contributed by atoms with E-state index in [4.69, 9.17) is 5.73 Å². The van der Waals surface area contributed by atoms with Crippen molar-refractivity contribution in [1.29, 1.82) is 0 Å². The van der Waals surface area contributed by atoms with Gasteiger partial charge in [-0.1, -0.05) is 15.9 Å². The molecule has 0 aliphatic rings. The number of nitrogen functional groups attached to an aromatic ring is 1. The molecule has 2 amide bonds. The van der Waals surface area contributed by atoms with Crippen molar-refractivity contribution in [2.24, 2.45) is 0 Å². The molecule has 6 heteroatoms. The number of hydrogen-bond acceptors (Lipinski definition) is 3. The maximum atomic E-state index is 12.2. The molecule has 0 radical (unpaired) electrons. The fraction of sp³-hybridized carbons (Fsp3) is 0.385. The molecule has 0 atom stereocenters. The van der Waals surface area contributed by atoms with Crippen LogP contribution in [0.4, 0.5) is 5.69 Å². The zero-order chi connectivity index (χ0) is 14.6. The van der Waals surface area contributed by atoms with Crippen molar-refractivity contribution in [1.82, 2.24) is 10.2 Å². The van der Waals surface area contributed by atoms with Crippen molar-refractivity contribution in [3.05, 3.63) is 28.2 Å². The van der Waals surface area contributed by atoms with Crippen molar-refractivity contribution >= 4 is 33.4 Å². The highest BCUT2D eigenvalue weighted by molar-refractivity contribution is 9.10. The van der Waals surface area contributed by atoms with Crippen molar-refractivity contribution in [2.45, 2.75) is 19.9 Å². The molecule has 1 rings (SSSR count). The number of carbonyl (C=O) groups excluding carboxylic acids is 2. The molecule has 0 fully saturated rings. The highest BCUT2D eigenvalue weighted by Crippen LogP contribution is 2.19. The molecule has 0 saturated heterocycles. The van der Waals surface area contributed by atoms with Crippen LogP contribution >= 0.6 is 15.9 Å². The molecule has 0 heterocycles. The summed E-state index contributed by atoms with van der Waals surface area (Å²) in [5.74, 6) is -0.475. The number of amides is 2. The Balaban J connectivity index is 2.77. The zero-order valence-corrected chi connectivity index (χ0v) is 12.8. The first kappa shape index (κ1) is 15.5. The number of benzene rings is 1. The molecule has 0 aliphatic carbocycles. The first-order chi connectivity index (χ1) is 8.81. The average molecular weight is 328 g/mol. The summed E-state index contributed by atoms with van der Waals surface area (Å²) >= 11 is 3.29. The molecule has 104 valence electrons. The van der Waals surface area contributed by atoms with E-state index in [9.17, 15) is 9.59 Å². The van der Waals surface area contributed by atoms with Crippen LogP contribution in [0, 0.1) is 0 Å². The number of nitrogens with two attached hydrogens (primary N) is 1. The van der Waals surface area contributed by atoms with Crippen LogP contribution in [0.25, 0.3) is 0 Å². The number of rotatable bonds is 4. The summed E-state index contributed by atoms with van der Waals surface area (Å²) in [5.41, 5.74) is 6.55. The lowest BCUT2D eigenvalue weighted by Crippen LogP contribution is -2.41. The largest absolute Gasteiger partial charge is 0.398 e. The molecule has 0 spiro atoms. The van der Waals surface area contributed by atoms with Crippen molar-refractivity contribution in [2.75, 3.05) is 19.3 Å². The molecule has 1 aromatic rings. The lowest BCUT2D eigenvalue weighted by Gasteiger charge is -2.18. The van der Waals surface area contributed by atoms with Gasteiger partial charge < -0.3 is 16.0 Å². The van der Waals surface area contributed by atoms with Crippen LogP contribution in [-0.4, -0.2) is 36.3 Å². The minimum Gasteiger partial charge on any atom is -0.398 e.